The molecule has 1 unspecified atom stereocenters. The molecule has 3 heteroatoms. The molecule has 0 amide bonds. The van der Waals surface area contributed by atoms with E-state index in [0.29, 0.717) is 12.5 Å². The van der Waals surface area contributed by atoms with Crippen LogP contribution in [-0.2, 0) is 4.74 Å². The molecule has 4 rings (SSSR count). The van der Waals surface area contributed by atoms with Gasteiger partial charge in [-0.1, -0.05) is 35.7 Å². The molecule has 0 bridgehead atoms. The van der Waals surface area contributed by atoms with Crippen molar-refractivity contribution in [2.75, 3.05) is 18.5 Å². The first-order valence-corrected chi connectivity index (χ1v) is 8.83. The maximum absolute atomic E-state index is 6.14. The summed E-state index contributed by atoms with van der Waals surface area (Å²) in [5.41, 5.74) is 6.37. The fourth-order valence-electron chi connectivity index (χ4n) is 4.18. The average molecular weight is 333 g/mol. The van der Waals surface area contributed by atoms with Crippen molar-refractivity contribution >= 4 is 5.69 Å². The van der Waals surface area contributed by atoms with Crippen molar-refractivity contribution in [3.8, 4) is 18.1 Å². The number of fused-ring (bicyclic) bond motifs is 3. The monoisotopic (exact) mass is 333 g/mol. The Kier molecular flexibility index (Phi) is 4.15. The van der Waals surface area contributed by atoms with Gasteiger partial charge in [0.15, 0.2) is 0 Å². The molecule has 0 aromatic heterocycles. The lowest BCUT2D eigenvalue weighted by atomic mass is 9.80. The van der Waals surface area contributed by atoms with E-state index in [2.05, 4.69) is 49.4 Å². The Hall–Kier alpha value is -2.44. The molecule has 2 heterocycles. The Morgan fingerprint density at radius 1 is 1.24 bits per heavy atom. The van der Waals surface area contributed by atoms with E-state index in [1.165, 1.54) is 27.9 Å². The molecule has 1 N–H and O–H groups in total. The van der Waals surface area contributed by atoms with Crippen molar-refractivity contribution in [1.29, 1.82) is 0 Å². The molecule has 0 radical (unpaired) electrons. The number of anilines is 1. The predicted molar refractivity (Wildman–Crippen MR) is 99.8 cm³/mol. The second kappa shape index (κ2) is 6.46. The highest BCUT2D eigenvalue weighted by Crippen LogP contribution is 2.51. The Labute approximate surface area is 149 Å². The van der Waals surface area contributed by atoms with Crippen LogP contribution in [0.2, 0.25) is 0 Å². The quantitative estimate of drug-likeness (QED) is 0.835. The summed E-state index contributed by atoms with van der Waals surface area (Å²) in [6, 6.07) is 13.0. The van der Waals surface area contributed by atoms with Crippen molar-refractivity contribution in [2.24, 2.45) is 5.92 Å². The van der Waals surface area contributed by atoms with Crippen LogP contribution in [-0.4, -0.2) is 13.2 Å². The van der Waals surface area contributed by atoms with Gasteiger partial charge in [0.2, 0.25) is 0 Å². The molecule has 25 heavy (non-hydrogen) atoms. The molecule has 2 aromatic rings. The summed E-state index contributed by atoms with van der Waals surface area (Å²) >= 11 is 0. The number of terminal acetylenes is 1. The predicted octanol–water partition coefficient (Wildman–Crippen LogP) is 4.56. The topological polar surface area (TPSA) is 30.5 Å². The fraction of sp³-hybridized carbons (Fsp3) is 0.364. The third kappa shape index (κ3) is 2.88. The number of hydrogen-bond acceptors (Lipinski definition) is 3. The minimum absolute atomic E-state index is 0.178. The average Bonchev–Trinajstić information content (AvgIpc) is 3.10. The van der Waals surface area contributed by atoms with Crippen LogP contribution in [0, 0.1) is 32.1 Å². The summed E-state index contributed by atoms with van der Waals surface area (Å²) in [5, 5.41) is 3.79. The van der Waals surface area contributed by atoms with E-state index in [-0.39, 0.29) is 12.1 Å². The lowest BCUT2D eigenvalue weighted by Gasteiger charge is -2.37. The molecule has 0 saturated carbocycles. The van der Waals surface area contributed by atoms with Gasteiger partial charge in [-0.05, 0) is 43.5 Å². The van der Waals surface area contributed by atoms with Crippen LogP contribution in [0.5, 0.6) is 5.75 Å². The van der Waals surface area contributed by atoms with E-state index in [4.69, 9.17) is 15.9 Å². The summed E-state index contributed by atoms with van der Waals surface area (Å²) in [7, 11) is 0. The molecular weight excluding hydrogens is 310 g/mol. The van der Waals surface area contributed by atoms with Crippen molar-refractivity contribution in [1.82, 2.24) is 0 Å². The minimum Gasteiger partial charge on any atom is -0.481 e. The minimum atomic E-state index is 0.178. The Bertz CT molecular complexity index is 819. The lowest BCUT2D eigenvalue weighted by Crippen LogP contribution is -2.29. The summed E-state index contributed by atoms with van der Waals surface area (Å²) in [4.78, 5) is 0. The van der Waals surface area contributed by atoms with Crippen molar-refractivity contribution in [2.45, 2.75) is 32.4 Å². The summed E-state index contributed by atoms with van der Waals surface area (Å²) in [6.45, 7) is 5.44. The first-order chi connectivity index (χ1) is 12.2. The Morgan fingerprint density at radius 2 is 2.04 bits per heavy atom. The van der Waals surface area contributed by atoms with Gasteiger partial charge in [0.1, 0.15) is 12.4 Å². The van der Waals surface area contributed by atoms with E-state index < -0.39 is 0 Å². The highest BCUT2D eigenvalue weighted by atomic mass is 16.5. The zero-order chi connectivity index (χ0) is 17.4. The summed E-state index contributed by atoms with van der Waals surface area (Å²) in [5.74, 6) is 3.75. The number of ether oxygens (including phenoxy) is 2. The molecule has 0 spiro atoms. The van der Waals surface area contributed by atoms with Gasteiger partial charge in [-0.2, -0.15) is 0 Å². The number of rotatable bonds is 3. The third-order valence-electron chi connectivity index (χ3n) is 5.24. The normalized spacial score (nSPS) is 24.0. The SMILES string of the molecule is C#CCOc1ccc(C2Nc3c(C)cc(C)cc3[C@H]3OCC[C@@H]23)cc1. The molecule has 2 aliphatic heterocycles. The van der Waals surface area contributed by atoms with E-state index >= 15 is 0 Å². The van der Waals surface area contributed by atoms with E-state index in [1.807, 2.05) is 12.1 Å². The molecular formula is C22H23NO2. The molecule has 1 fully saturated rings. The van der Waals surface area contributed by atoms with Crippen LogP contribution in [0.25, 0.3) is 0 Å². The fourth-order valence-corrected chi connectivity index (χ4v) is 4.18. The van der Waals surface area contributed by atoms with E-state index in [9.17, 15) is 0 Å². The standard InChI is InChI=1S/C22H23NO2/c1-4-10-24-17-7-5-16(6-8-17)21-18-9-11-25-22(18)19-13-14(2)12-15(3)20(19)23-21/h1,5-8,12-13,18,21-23H,9-11H2,2-3H3/t18-,21?,22-/m0/s1. The van der Waals surface area contributed by atoms with Gasteiger partial charge in [0.25, 0.3) is 0 Å². The molecule has 3 atom stereocenters. The molecule has 2 aromatic carbocycles. The van der Waals surface area contributed by atoms with Gasteiger partial charge >= 0.3 is 0 Å². The van der Waals surface area contributed by atoms with Gasteiger partial charge in [-0.3, -0.25) is 0 Å². The molecule has 0 aliphatic carbocycles. The highest BCUT2D eigenvalue weighted by Gasteiger charge is 2.41. The van der Waals surface area contributed by atoms with Gasteiger partial charge in [-0.25, -0.2) is 0 Å². The zero-order valence-electron chi connectivity index (χ0n) is 14.7. The Morgan fingerprint density at radius 3 is 2.80 bits per heavy atom. The number of hydrogen-bond donors (Lipinski definition) is 1. The molecule has 128 valence electrons. The van der Waals surface area contributed by atoms with Crippen LogP contribution in [0.3, 0.4) is 0 Å². The van der Waals surface area contributed by atoms with E-state index in [1.54, 1.807) is 0 Å². The maximum atomic E-state index is 6.14. The van der Waals surface area contributed by atoms with Crippen LogP contribution in [0.4, 0.5) is 5.69 Å². The first kappa shape index (κ1) is 16.1. The highest BCUT2D eigenvalue weighted by molar-refractivity contribution is 5.63. The van der Waals surface area contributed by atoms with Crippen LogP contribution in [0.1, 0.15) is 40.8 Å². The van der Waals surface area contributed by atoms with Crippen LogP contribution < -0.4 is 10.1 Å². The molecule has 3 nitrogen and oxygen atoms in total. The number of benzene rings is 2. The zero-order valence-corrected chi connectivity index (χ0v) is 14.7. The van der Waals surface area contributed by atoms with Crippen molar-refractivity contribution < 1.29 is 9.47 Å². The number of aryl methyl sites for hydroxylation is 2. The summed E-state index contributed by atoms with van der Waals surface area (Å²) < 4.78 is 11.6. The van der Waals surface area contributed by atoms with Gasteiger partial charge < -0.3 is 14.8 Å². The van der Waals surface area contributed by atoms with Crippen LogP contribution in [0.15, 0.2) is 36.4 Å². The largest absolute Gasteiger partial charge is 0.481 e. The number of nitrogens with one attached hydrogen (secondary N) is 1. The van der Waals surface area contributed by atoms with Crippen LogP contribution >= 0.6 is 0 Å². The second-order valence-corrected chi connectivity index (χ2v) is 6.97. The van der Waals surface area contributed by atoms with Crippen molar-refractivity contribution in [3.63, 3.8) is 0 Å². The van der Waals surface area contributed by atoms with Gasteiger partial charge in [0, 0.05) is 23.8 Å². The molecule has 2 aliphatic rings. The Balaban J connectivity index is 1.68. The van der Waals surface area contributed by atoms with Gasteiger partial charge in [0.05, 0.1) is 12.1 Å². The first-order valence-electron chi connectivity index (χ1n) is 8.83. The molecule has 1 saturated heterocycles. The van der Waals surface area contributed by atoms with Crippen molar-refractivity contribution in [3.05, 3.63) is 58.7 Å². The lowest BCUT2D eigenvalue weighted by molar-refractivity contribution is 0.0828. The van der Waals surface area contributed by atoms with Gasteiger partial charge in [-0.15, -0.1) is 6.42 Å². The third-order valence-corrected chi connectivity index (χ3v) is 5.24. The second-order valence-electron chi connectivity index (χ2n) is 6.97. The smallest absolute Gasteiger partial charge is 0.148 e. The maximum Gasteiger partial charge on any atom is 0.148 e. The summed E-state index contributed by atoms with van der Waals surface area (Å²) in [6.07, 6.45) is 6.50. The van der Waals surface area contributed by atoms with E-state index in [0.717, 1.165) is 18.8 Å².